The highest BCUT2D eigenvalue weighted by Crippen LogP contribution is 2.36. The Kier molecular flexibility index (Phi) is 6.56. The Morgan fingerprint density at radius 3 is 2.64 bits per heavy atom. The summed E-state index contributed by atoms with van der Waals surface area (Å²) in [4.78, 5) is 24.8. The lowest BCUT2D eigenvalue weighted by Crippen LogP contribution is -3.20. The molecule has 2 aromatic rings. The van der Waals surface area contributed by atoms with E-state index in [2.05, 4.69) is 16.5 Å². The normalized spacial score (nSPS) is 24.6. The molecule has 0 radical (unpaired) electrons. The lowest BCUT2D eigenvalue weighted by Gasteiger charge is -2.47. The van der Waals surface area contributed by atoms with Gasteiger partial charge in [-0.1, -0.05) is 13.8 Å². The number of carboxylic acids is 1. The van der Waals surface area contributed by atoms with Crippen molar-refractivity contribution in [1.29, 1.82) is 0 Å². The monoisotopic (exact) mass is 456 g/mol. The van der Waals surface area contributed by atoms with Crippen LogP contribution in [0.1, 0.15) is 51.1 Å². The molecule has 33 heavy (non-hydrogen) atoms. The first-order valence-corrected chi connectivity index (χ1v) is 11.7. The van der Waals surface area contributed by atoms with Gasteiger partial charge in [0, 0.05) is 43.5 Å². The Balaban J connectivity index is 1.36. The van der Waals surface area contributed by atoms with E-state index in [1.807, 2.05) is 11.7 Å². The number of nitrogens with zero attached hydrogens (tertiary/aromatic N) is 2. The van der Waals surface area contributed by atoms with Crippen LogP contribution in [0.25, 0.3) is 11.3 Å². The first-order chi connectivity index (χ1) is 15.6. The van der Waals surface area contributed by atoms with Crippen molar-refractivity contribution in [2.45, 2.75) is 51.5 Å². The van der Waals surface area contributed by atoms with Gasteiger partial charge in [0.1, 0.15) is 11.9 Å². The van der Waals surface area contributed by atoms with Crippen molar-refractivity contribution in [3.8, 4) is 11.3 Å². The molecule has 3 aliphatic heterocycles. The molecular formula is C25H33FN4O3. The fraction of sp³-hybridized carbons (Fsp3) is 0.560. The van der Waals surface area contributed by atoms with E-state index >= 15 is 0 Å². The molecule has 1 aromatic carbocycles. The number of aromatic nitrogens is 2. The van der Waals surface area contributed by atoms with E-state index in [9.17, 15) is 19.1 Å². The van der Waals surface area contributed by atoms with Crippen molar-refractivity contribution in [2.24, 2.45) is 18.4 Å². The second kappa shape index (κ2) is 9.25. The maximum absolute atomic E-state index is 13.3. The lowest BCUT2D eigenvalue weighted by atomic mass is 9.74. The van der Waals surface area contributed by atoms with Gasteiger partial charge in [-0.05, 0) is 48.1 Å². The molecule has 0 aliphatic carbocycles. The van der Waals surface area contributed by atoms with Crippen LogP contribution < -0.4 is 15.3 Å². The summed E-state index contributed by atoms with van der Waals surface area (Å²) in [7, 11) is 1.97. The van der Waals surface area contributed by atoms with Crippen molar-refractivity contribution in [3.63, 3.8) is 0 Å². The Hall–Kier alpha value is -2.74. The number of hydrogen-bond acceptors (Lipinski definition) is 4. The number of nitrogens with one attached hydrogen (secondary N) is 2. The molecule has 1 unspecified atom stereocenters. The number of carbonyl (C=O) groups excluding carboxylic acids is 2. The van der Waals surface area contributed by atoms with E-state index in [0.717, 1.165) is 37.2 Å². The van der Waals surface area contributed by atoms with Gasteiger partial charge in [0.2, 0.25) is 5.91 Å². The summed E-state index contributed by atoms with van der Waals surface area (Å²) in [5.74, 6) is -0.534. The van der Waals surface area contributed by atoms with Crippen LogP contribution in [-0.4, -0.2) is 47.3 Å². The molecule has 4 heterocycles. The van der Waals surface area contributed by atoms with Crippen LogP contribution in [0, 0.1) is 17.2 Å². The van der Waals surface area contributed by atoms with Crippen LogP contribution in [0.4, 0.5) is 4.39 Å². The molecule has 2 bridgehead atoms. The van der Waals surface area contributed by atoms with E-state index in [1.54, 1.807) is 26.0 Å². The minimum Gasteiger partial charge on any atom is -0.550 e. The highest BCUT2D eigenvalue weighted by atomic mass is 19.1. The van der Waals surface area contributed by atoms with E-state index in [4.69, 9.17) is 0 Å². The number of halogens is 1. The van der Waals surface area contributed by atoms with Gasteiger partial charge in [-0.25, -0.2) is 4.39 Å². The van der Waals surface area contributed by atoms with Crippen molar-refractivity contribution >= 4 is 11.9 Å². The van der Waals surface area contributed by atoms with Crippen molar-refractivity contribution in [1.82, 2.24) is 15.1 Å². The fourth-order valence-electron chi connectivity index (χ4n) is 5.66. The van der Waals surface area contributed by atoms with Gasteiger partial charge in [-0.3, -0.25) is 9.48 Å². The third kappa shape index (κ3) is 5.43. The minimum absolute atomic E-state index is 0.101. The molecule has 5 rings (SSSR count). The molecule has 7 nitrogen and oxygen atoms in total. The zero-order valence-corrected chi connectivity index (χ0v) is 19.6. The maximum atomic E-state index is 13.3. The predicted molar refractivity (Wildman–Crippen MR) is 120 cm³/mol. The number of piperidine rings is 3. The third-order valence-corrected chi connectivity index (χ3v) is 7.30. The first-order valence-electron chi connectivity index (χ1n) is 11.7. The number of amides is 1. The second-order valence-corrected chi connectivity index (χ2v) is 10.5. The predicted octanol–water partition coefficient (Wildman–Crippen LogP) is 0.659. The molecule has 2 N–H and O–H groups in total. The van der Waals surface area contributed by atoms with Crippen molar-refractivity contribution in [2.75, 3.05) is 19.6 Å². The zero-order chi connectivity index (χ0) is 23.8. The van der Waals surface area contributed by atoms with Crippen LogP contribution in [0.2, 0.25) is 0 Å². The van der Waals surface area contributed by atoms with Gasteiger partial charge < -0.3 is 20.1 Å². The average molecular weight is 457 g/mol. The highest BCUT2D eigenvalue weighted by molar-refractivity contribution is 5.77. The number of benzene rings is 1. The molecule has 1 amide bonds. The number of carboxylic acid groups (broad SMARTS) is 1. The Morgan fingerprint density at radius 1 is 1.27 bits per heavy atom. The fourth-order valence-corrected chi connectivity index (χ4v) is 5.66. The topological polar surface area (TPSA) is 91.5 Å². The second-order valence-electron chi connectivity index (χ2n) is 10.5. The van der Waals surface area contributed by atoms with Gasteiger partial charge >= 0.3 is 0 Å². The average Bonchev–Trinajstić information content (AvgIpc) is 3.13. The first kappa shape index (κ1) is 23.4. The summed E-state index contributed by atoms with van der Waals surface area (Å²) in [5.41, 5.74) is 2.37. The highest BCUT2D eigenvalue weighted by Gasteiger charge is 2.45. The summed E-state index contributed by atoms with van der Waals surface area (Å²) in [5, 5.41) is 18.6. The summed E-state index contributed by atoms with van der Waals surface area (Å²) in [6.45, 7) is 6.27. The van der Waals surface area contributed by atoms with Gasteiger partial charge in [0.25, 0.3) is 0 Å². The van der Waals surface area contributed by atoms with E-state index < -0.39 is 11.4 Å². The lowest BCUT2D eigenvalue weighted by molar-refractivity contribution is -0.942. The van der Waals surface area contributed by atoms with Crippen molar-refractivity contribution in [3.05, 3.63) is 41.8 Å². The third-order valence-electron chi connectivity index (χ3n) is 7.30. The van der Waals surface area contributed by atoms with Crippen LogP contribution in [0.15, 0.2) is 30.3 Å². The number of carbonyl (C=O) groups is 2. The molecule has 1 aromatic heterocycles. The van der Waals surface area contributed by atoms with Gasteiger partial charge in [0.05, 0.1) is 31.2 Å². The molecule has 4 atom stereocenters. The quantitative estimate of drug-likeness (QED) is 0.611. The van der Waals surface area contributed by atoms with Crippen molar-refractivity contribution < 1.29 is 24.0 Å². The molecule has 3 saturated heterocycles. The van der Waals surface area contributed by atoms with Gasteiger partial charge in [-0.2, -0.15) is 5.10 Å². The standard InChI is InChI=1S/C25H33FN4O3/c1-25(2,13-24(32)33)12-23(31)27-14-19-10-17-8-9-30(19)15-20(17)22-11-21(28-29(22)3)16-4-6-18(26)7-5-16/h4-7,11,17,19-20H,8-10,12-15H2,1-3H3,(H,27,31)(H,32,33)/t17-,19+,20-/m0/s1. The molecule has 3 fully saturated rings. The molecular weight excluding hydrogens is 423 g/mol. The summed E-state index contributed by atoms with van der Waals surface area (Å²) in [6, 6.07) is 8.95. The SMILES string of the molecule is Cn1nc(-c2ccc(F)cc2)cc1[C@H]1C[NH+]2CC[C@H]1C[C@@H]2CNC(=O)CC(C)(C)CC(=O)[O-]. The van der Waals surface area contributed by atoms with Crippen LogP contribution in [-0.2, 0) is 16.6 Å². The minimum atomic E-state index is -1.13. The molecule has 0 spiro atoms. The Morgan fingerprint density at radius 2 is 2.00 bits per heavy atom. The van der Waals surface area contributed by atoms with Crippen LogP contribution in [0.3, 0.4) is 0 Å². The van der Waals surface area contributed by atoms with Crippen LogP contribution in [0.5, 0.6) is 0 Å². The van der Waals surface area contributed by atoms with Gasteiger partial charge in [0.15, 0.2) is 0 Å². The zero-order valence-electron chi connectivity index (χ0n) is 19.6. The number of hydrogen-bond donors (Lipinski definition) is 2. The number of aliphatic carboxylic acids is 1. The number of quaternary nitrogens is 1. The number of fused-ring (bicyclic) bond motifs is 3. The van der Waals surface area contributed by atoms with Gasteiger partial charge in [-0.15, -0.1) is 0 Å². The Bertz CT molecular complexity index is 1020. The number of rotatable bonds is 8. The van der Waals surface area contributed by atoms with E-state index in [-0.39, 0.29) is 24.6 Å². The van der Waals surface area contributed by atoms with E-state index in [0.29, 0.717) is 24.4 Å². The summed E-state index contributed by atoms with van der Waals surface area (Å²) in [6.07, 6.45) is 2.24. The number of aryl methyl sites for hydroxylation is 1. The molecule has 8 heteroatoms. The Labute approximate surface area is 194 Å². The summed E-state index contributed by atoms with van der Waals surface area (Å²) >= 11 is 0. The summed E-state index contributed by atoms with van der Waals surface area (Å²) < 4.78 is 15.2. The molecule has 3 aliphatic rings. The maximum Gasteiger partial charge on any atom is 0.220 e. The van der Waals surface area contributed by atoms with Crippen LogP contribution >= 0.6 is 0 Å². The van der Waals surface area contributed by atoms with E-state index in [1.165, 1.54) is 22.7 Å². The molecule has 0 saturated carbocycles. The molecule has 178 valence electrons. The largest absolute Gasteiger partial charge is 0.550 e. The smallest absolute Gasteiger partial charge is 0.220 e.